The van der Waals surface area contributed by atoms with Crippen molar-refractivity contribution in [1.29, 1.82) is 0 Å². The van der Waals surface area contributed by atoms with E-state index in [1.807, 2.05) is 6.92 Å². The van der Waals surface area contributed by atoms with Gasteiger partial charge in [-0.2, -0.15) is 0 Å². The molecule has 1 unspecified atom stereocenters. The monoisotopic (exact) mass is 348 g/mol. The van der Waals surface area contributed by atoms with Crippen LogP contribution in [-0.4, -0.2) is 21.1 Å². The lowest BCUT2D eigenvalue weighted by Crippen LogP contribution is -2.12. The second kappa shape index (κ2) is 7.14. The minimum atomic E-state index is -0.333. The van der Waals surface area contributed by atoms with Crippen LogP contribution in [0.2, 0.25) is 5.02 Å². The minimum absolute atomic E-state index is 0.0773. The van der Waals surface area contributed by atoms with E-state index in [0.29, 0.717) is 23.1 Å². The van der Waals surface area contributed by atoms with Crippen molar-refractivity contribution in [3.8, 4) is 17.2 Å². The number of rotatable bonds is 5. The Hall–Kier alpha value is -2.20. The van der Waals surface area contributed by atoms with E-state index in [4.69, 9.17) is 11.6 Å². The number of para-hydroxylation sites is 1. The predicted octanol–water partition coefficient (Wildman–Crippen LogP) is 4.58. The molecule has 128 valence electrons. The number of carbonyl (C=O) groups is 1. The lowest BCUT2D eigenvalue weighted by Gasteiger charge is -2.18. The van der Waals surface area contributed by atoms with E-state index in [9.17, 15) is 20.1 Å². The highest BCUT2D eigenvalue weighted by atomic mass is 35.5. The Labute approximate surface area is 146 Å². The van der Waals surface area contributed by atoms with Crippen LogP contribution in [0.1, 0.15) is 47.3 Å². The third kappa shape index (κ3) is 3.20. The molecule has 3 N–H and O–H groups in total. The van der Waals surface area contributed by atoms with Gasteiger partial charge in [-0.25, -0.2) is 0 Å². The maximum absolute atomic E-state index is 12.5. The van der Waals surface area contributed by atoms with Gasteiger partial charge in [-0.05, 0) is 25.0 Å². The van der Waals surface area contributed by atoms with Gasteiger partial charge in [-0.3, -0.25) is 4.79 Å². The van der Waals surface area contributed by atoms with Gasteiger partial charge >= 0.3 is 0 Å². The summed E-state index contributed by atoms with van der Waals surface area (Å²) in [6, 6.07) is 6.71. The van der Waals surface area contributed by atoms with Gasteiger partial charge < -0.3 is 15.3 Å². The third-order valence-electron chi connectivity index (χ3n) is 4.37. The first-order valence-electron chi connectivity index (χ1n) is 7.83. The van der Waals surface area contributed by atoms with Crippen molar-refractivity contribution in [3.05, 3.63) is 51.5 Å². The van der Waals surface area contributed by atoms with Gasteiger partial charge in [0.15, 0.2) is 5.78 Å². The van der Waals surface area contributed by atoms with Crippen molar-refractivity contribution in [2.75, 3.05) is 0 Å². The number of phenols is 3. The summed E-state index contributed by atoms with van der Waals surface area (Å²) in [6.07, 6.45) is 0.743. The normalized spacial score (nSPS) is 12.2. The first kappa shape index (κ1) is 18.1. The number of ketones is 1. The van der Waals surface area contributed by atoms with Crippen molar-refractivity contribution in [3.63, 3.8) is 0 Å². The van der Waals surface area contributed by atoms with E-state index in [-0.39, 0.29) is 46.0 Å². The van der Waals surface area contributed by atoms with Gasteiger partial charge in [0.1, 0.15) is 22.8 Å². The van der Waals surface area contributed by atoms with Crippen LogP contribution in [0.15, 0.2) is 24.3 Å². The molecule has 0 radical (unpaired) electrons. The van der Waals surface area contributed by atoms with Gasteiger partial charge in [-0.15, -0.1) is 0 Å². The first-order valence-corrected chi connectivity index (χ1v) is 8.21. The first-order chi connectivity index (χ1) is 11.3. The second-order valence-electron chi connectivity index (χ2n) is 5.97. The Morgan fingerprint density at radius 3 is 2.38 bits per heavy atom. The van der Waals surface area contributed by atoms with Crippen molar-refractivity contribution in [1.82, 2.24) is 0 Å². The molecular formula is C19H21ClO4. The molecule has 1 atom stereocenters. The fourth-order valence-corrected chi connectivity index (χ4v) is 2.81. The van der Waals surface area contributed by atoms with Crippen molar-refractivity contribution < 1.29 is 20.1 Å². The maximum atomic E-state index is 12.5. The van der Waals surface area contributed by atoms with Crippen molar-refractivity contribution >= 4 is 17.4 Å². The number of hydrogen-bond donors (Lipinski definition) is 3. The number of carbonyl (C=O) groups excluding carboxylic acids is 1. The number of halogens is 1. The standard InChI is InChI=1S/C19H21ClO4/c1-4-10(2)17(22)15-18(23)11(3)16(20)13(19(15)24)9-12-7-5-6-8-14(12)21/h5-8,10,21,23-24H,4,9H2,1-3H3. The topological polar surface area (TPSA) is 77.8 Å². The molecular weight excluding hydrogens is 328 g/mol. The van der Waals surface area contributed by atoms with Gasteiger partial charge in [-0.1, -0.05) is 43.6 Å². The Balaban J connectivity index is 2.63. The quantitative estimate of drug-likeness (QED) is 0.691. The molecule has 0 saturated carbocycles. The minimum Gasteiger partial charge on any atom is -0.508 e. The summed E-state index contributed by atoms with van der Waals surface area (Å²) < 4.78 is 0. The van der Waals surface area contributed by atoms with Crippen LogP contribution in [-0.2, 0) is 6.42 Å². The van der Waals surface area contributed by atoms with Gasteiger partial charge in [0.2, 0.25) is 0 Å². The van der Waals surface area contributed by atoms with Crippen LogP contribution in [0, 0.1) is 12.8 Å². The molecule has 0 aliphatic heterocycles. The molecule has 2 aromatic rings. The van der Waals surface area contributed by atoms with Gasteiger partial charge in [0, 0.05) is 23.5 Å². The largest absolute Gasteiger partial charge is 0.508 e. The lowest BCUT2D eigenvalue weighted by atomic mass is 9.90. The average molecular weight is 349 g/mol. The predicted molar refractivity (Wildman–Crippen MR) is 94.2 cm³/mol. The molecule has 4 nitrogen and oxygen atoms in total. The number of aromatic hydroxyl groups is 3. The van der Waals surface area contributed by atoms with Crippen LogP contribution >= 0.6 is 11.6 Å². The zero-order valence-electron chi connectivity index (χ0n) is 13.9. The highest BCUT2D eigenvalue weighted by molar-refractivity contribution is 6.33. The van der Waals surface area contributed by atoms with Crippen LogP contribution in [0.5, 0.6) is 17.2 Å². The van der Waals surface area contributed by atoms with Crippen LogP contribution in [0.3, 0.4) is 0 Å². The van der Waals surface area contributed by atoms with Crippen molar-refractivity contribution in [2.24, 2.45) is 5.92 Å². The van der Waals surface area contributed by atoms with E-state index < -0.39 is 0 Å². The molecule has 0 fully saturated rings. The summed E-state index contributed by atoms with van der Waals surface area (Å²) in [5, 5.41) is 31.0. The molecule has 0 amide bonds. The summed E-state index contributed by atoms with van der Waals surface area (Å²) in [5.74, 6) is -1.19. The maximum Gasteiger partial charge on any atom is 0.173 e. The zero-order valence-corrected chi connectivity index (χ0v) is 14.7. The molecule has 0 heterocycles. The summed E-state index contributed by atoms with van der Waals surface area (Å²) in [6.45, 7) is 5.20. The Bertz CT molecular complexity index is 783. The highest BCUT2D eigenvalue weighted by Crippen LogP contribution is 2.43. The molecule has 5 heteroatoms. The van der Waals surface area contributed by atoms with Gasteiger partial charge in [0.05, 0.1) is 5.02 Å². The van der Waals surface area contributed by atoms with E-state index >= 15 is 0 Å². The molecule has 0 aliphatic rings. The molecule has 0 saturated heterocycles. The van der Waals surface area contributed by atoms with Crippen LogP contribution in [0.4, 0.5) is 0 Å². The fourth-order valence-electron chi connectivity index (χ4n) is 2.56. The molecule has 24 heavy (non-hydrogen) atoms. The highest BCUT2D eigenvalue weighted by Gasteiger charge is 2.27. The van der Waals surface area contributed by atoms with Crippen LogP contribution in [0.25, 0.3) is 0 Å². The zero-order chi connectivity index (χ0) is 18.0. The summed E-state index contributed by atoms with van der Waals surface area (Å²) in [4.78, 5) is 12.5. The van der Waals surface area contributed by atoms with Gasteiger partial charge in [0.25, 0.3) is 0 Å². The second-order valence-corrected chi connectivity index (χ2v) is 6.35. The molecule has 0 aromatic heterocycles. The molecule has 0 spiro atoms. The Morgan fingerprint density at radius 2 is 1.79 bits per heavy atom. The number of phenolic OH excluding ortho intramolecular Hbond substituents is 3. The fraction of sp³-hybridized carbons (Fsp3) is 0.316. The molecule has 2 rings (SSSR count). The lowest BCUT2D eigenvalue weighted by molar-refractivity contribution is 0.0921. The van der Waals surface area contributed by atoms with E-state index in [0.717, 1.165) is 0 Å². The van der Waals surface area contributed by atoms with E-state index in [1.165, 1.54) is 0 Å². The number of hydrogen-bond acceptors (Lipinski definition) is 4. The number of Topliss-reactive ketones (excluding diaryl/α,β-unsaturated/α-hetero) is 1. The average Bonchev–Trinajstić information content (AvgIpc) is 2.57. The van der Waals surface area contributed by atoms with Crippen molar-refractivity contribution in [2.45, 2.75) is 33.6 Å². The SMILES string of the molecule is CCC(C)C(=O)c1c(O)c(C)c(Cl)c(Cc2ccccc2O)c1O. The third-order valence-corrected chi connectivity index (χ3v) is 4.89. The molecule has 0 bridgehead atoms. The summed E-state index contributed by atoms with van der Waals surface area (Å²) >= 11 is 6.28. The Morgan fingerprint density at radius 1 is 1.17 bits per heavy atom. The smallest absolute Gasteiger partial charge is 0.173 e. The summed E-state index contributed by atoms with van der Waals surface area (Å²) in [5.41, 5.74) is 1.13. The molecule has 0 aliphatic carbocycles. The number of benzene rings is 2. The Kier molecular flexibility index (Phi) is 5.40. The molecule has 2 aromatic carbocycles. The van der Waals surface area contributed by atoms with E-state index in [2.05, 4.69) is 0 Å². The van der Waals surface area contributed by atoms with Crippen LogP contribution < -0.4 is 0 Å². The summed E-state index contributed by atoms with van der Waals surface area (Å²) in [7, 11) is 0. The van der Waals surface area contributed by atoms with E-state index in [1.54, 1.807) is 38.1 Å².